The van der Waals surface area contributed by atoms with Gasteiger partial charge in [-0.2, -0.15) is 0 Å². The average Bonchev–Trinajstić information content (AvgIpc) is 2.44. The zero-order valence-electron chi connectivity index (χ0n) is 7.30. The van der Waals surface area contributed by atoms with Crippen LogP contribution < -0.4 is 0 Å². The van der Waals surface area contributed by atoms with Crippen LogP contribution in [0.1, 0.15) is 18.1 Å². The van der Waals surface area contributed by atoms with Crippen LogP contribution in [-0.4, -0.2) is 0 Å². The van der Waals surface area contributed by atoms with Gasteiger partial charge in [-0.25, -0.2) is 0 Å². The number of rotatable bonds is 1. The van der Waals surface area contributed by atoms with Gasteiger partial charge < -0.3 is 0 Å². The van der Waals surface area contributed by atoms with Crippen molar-refractivity contribution in [1.82, 2.24) is 0 Å². The van der Waals surface area contributed by atoms with Gasteiger partial charge in [0.2, 0.25) is 0 Å². The Morgan fingerprint density at radius 1 is 1.33 bits per heavy atom. The Hall–Kier alpha value is -1.30. The molecular weight excluding hydrogens is 144 g/mol. The predicted molar refractivity (Wildman–Crippen MR) is 52.9 cm³/mol. The van der Waals surface area contributed by atoms with E-state index < -0.39 is 0 Å². The highest BCUT2D eigenvalue weighted by Crippen LogP contribution is 2.32. The molecule has 1 aromatic carbocycles. The molecule has 0 nitrogen and oxygen atoms in total. The smallest absolute Gasteiger partial charge is 0.00171 e. The minimum atomic E-state index is 1.06. The topological polar surface area (TPSA) is 0 Å². The summed E-state index contributed by atoms with van der Waals surface area (Å²) < 4.78 is 0. The Balaban J connectivity index is 2.56. The van der Waals surface area contributed by atoms with E-state index in [9.17, 15) is 0 Å². The largest absolute Gasteiger partial charge is 0.0988 e. The molecule has 0 aromatic heterocycles. The number of allylic oxidation sites excluding steroid dienone is 3. The van der Waals surface area contributed by atoms with Gasteiger partial charge in [0.1, 0.15) is 0 Å². The van der Waals surface area contributed by atoms with Crippen LogP contribution in [0.4, 0.5) is 0 Å². The molecule has 0 N–H and O–H groups in total. The molecule has 0 atom stereocenters. The standard InChI is InChI=1S/C12H12/c1-3-10-8-11-6-4-5-7-12(11)9(10)2/h3-7H,1,8H2,2H3. The maximum Gasteiger partial charge on any atom is -0.00171 e. The molecule has 12 heavy (non-hydrogen) atoms. The number of hydrogen-bond acceptors (Lipinski definition) is 0. The maximum absolute atomic E-state index is 3.82. The first-order valence-electron chi connectivity index (χ1n) is 4.23. The summed E-state index contributed by atoms with van der Waals surface area (Å²) in [6.45, 7) is 5.99. The van der Waals surface area contributed by atoms with Gasteiger partial charge in [-0.3, -0.25) is 0 Å². The van der Waals surface area contributed by atoms with Crippen molar-refractivity contribution < 1.29 is 0 Å². The summed E-state index contributed by atoms with van der Waals surface area (Å²) >= 11 is 0. The molecule has 2 rings (SSSR count). The van der Waals surface area contributed by atoms with E-state index in [0.29, 0.717) is 0 Å². The van der Waals surface area contributed by atoms with Gasteiger partial charge in [0.25, 0.3) is 0 Å². The van der Waals surface area contributed by atoms with Crippen molar-refractivity contribution >= 4 is 5.57 Å². The van der Waals surface area contributed by atoms with Crippen molar-refractivity contribution in [3.8, 4) is 0 Å². The van der Waals surface area contributed by atoms with Gasteiger partial charge in [-0.05, 0) is 35.6 Å². The van der Waals surface area contributed by atoms with E-state index in [0.717, 1.165) is 6.42 Å². The van der Waals surface area contributed by atoms with E-state index in [2.05, 4.69) is 37.8 Å². The Morgan fingerprint density at radius 3 is 2.75 bits per heavy atom. The summed E-state index contributed by atoms with van der Waals surface area (Å²) in [5.41, 5.74) is 5.59. The zero-order chi connectivity index (χ0) is 8.55. The van der Waals surface area contributed by atoms with E-state index in [-0.39, 0.29) is 0 Å². The van der Waals surface area contributed by atoms with Crippen LogP contribution in [0.2, 0.25) is 0 Å². The molecule has 0 heteroatoms. The van der Waals surface area contributed by atoms with Gasteiger partial charge in [0.15, 0.2) is 0 Å². The molecule has 0 unspecified atom stereocenters. The fourth-order valence-electron chi connectivity index (χ4n) is 1.78. The molecule has 0 radical (unpaired) electrons. The van der Waals surface area contributed by atoms with Gasteiger partial charge in [-0.1, -0.05) is 36.9 Å². The zero-order valence-corrected chi connectivity index (χ0v) is 7.30. The molecule has 1 aromatic rings. The Bertz CT molecular complexity index is 356. The first-order chi connectivity index (χ1) is 5.83. The van der Waals surface area contributed by atoms with E-state index >= 15 is 0 Å². The second-order valence-corrected chi connectivity index (χ2v) is 3.19. The highest BCUT2D eigenvalue weighted by Gasteiger charge is 2.14. The third-order valence-corrected chi connectivity index (χ3v) is 2.53. The van der Waals surface area contributed by atoms with Crippen LogP contribution in [0.15, 0.2) is 42.5 Å². The summed E-state index contributed by atoms with van der Waals surface area (Å²) in [5.74, 6) is 0. The van der Waals surface area contributed by atoms with E-state index in [1.165, 1.54) is 22.3 Å². The quantitative estimate of drug-likeness (QED) is 0.585. The van der Waals surface area contributed by atoms with Crippen molar-refractivity contribution in [2.75, 3.05) is 0 Å². The predicted octanol–water partition coefficient (Wildman–Crippen LogP) is 3.20. The van der Waals surface area contributed by atoms with Crippen LogP contribution in [-0.2, 0) is 6.42 Å². The minimum absolute atomic E-state index is 1.06. The summed E-state index contributed by atoms with van der Waals surface area (Å²) in [4.78, 5) is 0. The fraction of sp³-hybridized carbons (Fsp3) is 0.167. The molecule has 0 heterocycles. The Morgan fingerprint density at radius 2 is 2.08 bits per heavy atom. The van der Waals surface area contributed by atoms with Gasteiger partial charge in [-0.15, -0.1) is 0 Å². The van der Waals surface area contributed by atoms with Crippen molar-refractivity contribution in [3.63, 3.8) is 0 Å². The van der Waals surface area contributed by atoms with Crippen molar-refractivity contribution in [2.24, 2.45) is 0 Å². The second kappa shape index (κ2) is 2.63. The van der Waals surface area contributed by atoms with Crippen molar-refractivity contribution in [1.29, 1.82) is 0 Å². The summed E-state index contributed by atoms with van der Waals surface area (Å²) in [6, 6.07) is 8.56. The Kier molecular flexibility index (Phi) is 1.61. The lowest BCUT2D eigenvalue weighted by Crippen LogP contribution is -1.80. The molecule has 1 aliphatic rings. The molecule has 0 aliphatic heterocycles. The molecule has 0 spiro atoms. The highest BCUT2D eigenvalue weighted by atomic mass is 14.2. The fourth-order valence-corrected chi connectivity index (χ4v) is 1.78. The molecule has 1 aliphatic carbocycles. The molecule has 0 saturated heterocycles. The highest BCUT2D eigenvalue weighted by molar-refractivity contribution is 5.76. The van der Waals surface area contributed by atoms with Crippen molar-refractivity contribution in [2.45, 2.75) is 13.3 Å². The normalized spacial score (nSPS) is 14.8. The Labute approximate surface area is 73.2 Å². The van der Waals surface area contributed by atoms with Crippen LogP contribution in [0.25, 0.3) is 5.57 Å². The van der Waals surface area contributed by atoms with Gasteiger partial charge in [0.05, 0.1) is 0 Å². The lowest BCUT2D eigenvalue weighted by Gasteiger charge is -1.97. The van der Waals surface area contributed by atoms with E-state index in [1.54, 1.807) is 0 Å². The second-order valence-electron chi connectivity index (χ2n) is 3.19. The SMILES string of the molecule is C=CC1=C(C)c2ccccc2C1. The number of benzene rings is 1. The molecular formula is C12H12. The first-order valence-corrected chi connectivity index (χ1v) is 4.23. The van der Waals surface area contributed by atoms with Crippen LogP contribution in [0, 0.1) is 0 Å². The third-order valence-electron chi connectivity index (χ3n) is 2.53. The summed E-state index contributed by atoms with van der Waals surface area (Å²) in [6.07, 6.45) is 3.03. The molecule has 0 saturated carbocycles. The van der Waals surface area contributed by atoms with Crippen LogP contribution >= 0.6 is 0 Å². The number of fused-ring (bicyclic) bond motifs is 1. The minimum Gasteiger partial charge on any atom is -0.0988 e. The molecule has 0 amide bonds. The average molecular weight is 156 g/mol. The van der Waals surface area contributed by atoms with Crippen LogP contribution in [0.3, 0.4) is 0 Å². The molecule has 60 valence electrons. The monoisotopic (exact) mass is 156 g/mol. The lowest BCUT2D eigenvalue weighted by molar-refractivity contribution is 1.25. The van der Waals surface area contributed by atoms with E-state index in [1.807, 2.05) is 6.08 Å². The lowest BCUT2D eigenvalue weighted by atomic mass is 10.1. The van der Waals surface area contributed by atoms with Gasteiger partial charge in [0, 0.05) is 0 Å². The van der Waals surface area contributed by atoms with Gasteiger partial charge >= 0.3 is 0 Å². The summed E-state index contributed by atoms with van der Waals surface area (Å²) in [7, 11) is 0. The maximum atomic E-state index is 3.82. The summed E-state index contributed by atoms with van der Waals surface area (Å²) in [5, 5.41) is 0. The molecule has 0 bridgehead atoms. The molecule has 0 fully saturated rings. The van der Waals surface area contributed by atoms with Crippen molar-refractivity contribution in [3.05, 3.63) is 53.6 Å². The van der Waals surface area contributed by atoms with Crippen LogP contribution in [0.5, 0.6) is 0 Å². The first kappa shape index (κ1) is 7.35. The number of hydrogen-bond donors (Lipinski definition) is 0. The third kappa shape index (κ3) is 0.918. The van der Waals surface area contributed by atoms with E-state index in [4.69, 9.17) is 0 Å².